The number of rotatable bonds is 1. The van der Waals surface area contributed by atoms with Gasteiger partial charge < -0.3 is 0 Å². The Morgan fingerprint density at radius 1 is 1.35 bits per heavy atom. The van der Waals surface area contributed by atoms with Crippen molar-refractivity contribution in [3.05, 3.63) is 34.7 Å². The lowest BCUT2D eigenvalue weighted by atomic mass is 9.93. The minimum absolute atomic E-state index is 0.215. The number of allylic oxidation sites excluding steroid dienone is 2. The molecule has 0 radical (unpaired) electrons. The zero-order chi connectivity index (χ0) is 11.8. The number of nitrogens with one attached hydrogen (secondary N) is 1. The van der Waals surface area contributed by atoms with Crippen LogP contribution in [0.2, 0.25) is 5.02 Å². The van der Waals surface area contributed by atoms with Crippen LogP contribution in [-0.4, -0.2) is 10.2 Å². The van der Waals surface area contributed by atoms with Crippen LogP contribution in [0.1, 0.15) is 31.2 Å². The summed E-state index contributed by atoms with van der Waals surface area (Å²) in [5, 5.41) is 7.31. The maximum absolute atomic E-state index is 14.0. The van der Waals surface area contributed by atoms with Gasteiger partial charge in [-0.2, -0.15) is 5.10 Å². The van der Waals surface area contributed by atoms with Crippen molar-refractivity contribution in [2.75, 3.05) is 0 Å². The molecule has 0 saturated carbocycles. The standard InChI is InChI=1S/C13H12ClFN2/c14-12-9(8-4-2-1-3-5-8)6-11-10(13(12)15)7-16-17-11/h4,6-7H,1-3,5H2,(H,16,17). The highest BCUT2D eigenvalue weighted by atomic mass is 35.5. The Balaban J connectivity index is 2.21. The Morgan fingerprint density at radius 2 is 2.24 bits per heavy atom. The van der Waals surface area contributed by atoms with Crippen molar-refractivity contribution < 1.29 is 4.39 Å². The first-order chi connectivity index (χ1) is 8.27. The number of H-pyrrole nitrogens is 1. The van der Waals surface area contributed by atoms with Gasteiger partial charge in [0.05, 0.1) is 22.1 Å². The van der Waals surface area contributed by atoms with Crippen molar-refractivity contribution in [2.24, 2.45) is 0 Å². The normalized spacial score (nSPS) is 16.2. The van der Waals surface area contributed by atoms with Crippen LogP contribution in [0.25, 0.3) is 16.5 Å². The lowest BCUT2D eigenvalue weighted by Crippen LogP contribution is -1.95. The van der Waals surface area contributed by atoms with Crippen LogP contribution in [0.15, 0.2) is 18.3 Å². The predicted molar refractivity (Wildman–Crippen MR) is 67.5 cm³/mol. The summed E-state index contributed by atoms with van der Waals surface area (Å²) in [4.78, 5) is 0. The average Bonchev–Trinajstić information content (AvgIpc) is 2.83. The molecule has 0 aliphatic heterocycles. The summed E-state index contributed by atoms with van der Waals surface area (Å²) in [6.07, 6.45) is 8.00. The number of benzene rings is 1. The minimum atomic E-state index is -0.376. The van der Waals surface area contributed by atoms with Gasteiger partial charge in [-0.05, 0) is 37.3 Å². The molecule has 1 aliphatic carbocycles. The van der Waals surface area contributed by atoms with E-state index >= 15 is 0 Å². The fourth-order valence-corrected chi connectivity index (χ4v) is 2.62. The monoisotopic (exact) mass is 250 g/mol. The van der Waals surface area contributed by atoms with E-state index in [0.29, 0.717) is 10.9 Å². The number of hydrogen-bond donors (Lipinski definition) is 1. The lowest BCUT2D eigenvalue weighted by molar-refractivity contribution is 0.639. The molecular weight excluding hydrogens is 239 g/mol. The summed E-state index contributed by atoms with van der Waals surface area (Å²) < 4.78 is 14.0. The van der Waals surface area contributed by atoms with Crippen LogP contribution < -0.4 is 0 Å². The van der Waals surface area contributed by atoms with Gasteiger partial charge in [0.15, 0.2) is 5.82 Å². The van der Waals surface area contributed by atoms with Crippen molar-refractivity contribution in [1.82, 2.24) is 10.2 Å². The largest absolute Gasteiger partial charge is 0.278 e. The van der Waals surface area contributed by atoms with Crippen LogP contribution in [0.3, 0.4) is 0 Å². The summed E-state index contributed by atoms with van der Waals surface area (Å²) in [5.41, 5.74) is 2.66. The fourth-order valence-electron chi connectivity index (χ4n) is 2.34. The van der Waals surface area contributed by atoms with E-state index in [1.165, 1.54) is 12.6 Å². The summed E-state index contributed by atoms with van der Waals surface area (Å²) in [5.74, 6) is -0.376. The molecule has 2 nitrogen and oxygen atoms in total. The second kappa shape index (κ2) is 4.15. The van der Waals surface area contributed by atoms with E-state index in [1.54, 1.807) is 0 Å². The van der Waals surface area contributed by atoms with Crippen molar-refractivity contribution in [1.29, 1.82) is 0 Å². The second-order valence-corrected chi connectivity index (χ2v) is 4.74. The molecule has 0 fully saturated rings. The molecule has 4 heteroatoms. The highest BCUT2D eigenvalue weighted by molar-refractivity contribution is 6.33. The minimum Gasteiger partial charge on any atom is -0.278 e. The number of hydrogen-bond acceptors (Lipinski definition) is 1. The summed E-state index contributed by atoms with van der Waals surface area (Å²) >= 11 is 6.10. The quantitative estimate of drug-likeness (QED) is 0.803. The molecule has 1 heterocycles. The van der Waals surface area contributed by atoms with E-state index in [1.807, 2.05) is 6.07 Å². The molecule has 0 bridgehead atoms. The third-order valence-corrected chi connectivity index (χ3v) is 3.63. The molecule has 0 amide bonds. The summed E-state index contributed by atoms with van der Waals surface area (Å²) in [6.45, 7) is 0. The molecule has 1 aromatic carbocycles. The first-order valence-corrected chi connectivity index (χ1v) is 6.15. The van der Waals surface area contributed by atoms with Gasteiger partial charge in [0.25, 0.3) is 0 Å². The molecule has 0 saturated heterocycles. The molecule has 17 heavy (non-hydrogen) atoms. The van der Waals surface area contributed by atoms with Gasteiger partial charge in [-0.15, -0.1) is 0 Å². The maximum atomic E-state index is 14.0. The maximum Gasteiger partial charge on any atom is 0.153 e. The number of aromatic nitrogens is 2. The molecule has 88 valence electrons. The summed E-state index contributed by atoms with van der Waals surface area (Å²) in [7, 11) is 0. The highest BCUT2D eigenvalue weighted by Crippen LogP contribution is 2.35. The third-order valence-electron chi connectivity index (χ3n) is 3.26. The van der Waals surface area contributed by atoms with Crippen LogP contribution in [0.5, 0.6) is 0 Å². The second-order valence-electron chi connectivity index (χ2n) is 4.36. The number of halogens is 2. The average molecular weight is 251 g/mol. The van der Waals surface area contributed by atoms with Gasteiger partial charge >= 0.3 is 0 Å². The third kappa shape index (κ3) is 1.75. The van der Waals surface area contributed by atoms with E-state index < -0.39 is 0 Å². The molecule has 1 N–H and O–H groups in total. The van der Waals surface area contributed by atoms with E-state index in [2.05, 4.69) is 16.3 Å². The van der Waals surface area contributed by atoms with Gasteiger partial charge in [0.1, 0.15) is 0 Å². The van der Waals surface area contributed by atoms with Crippen molar-refractivity contribution in [3.63, 3.8) is 0 Å². The highest BCUT2D eigenvalue weighted by Gasteiger charge is 2.16. The van der Waals surface area contributed by atoms with E-state index in [4.69, 9.17) is 11.6 Å². The van der Waals surface area contributed by atoms with Crippen molar-refractivity contribution in [3.8, 4) is 0 Å². The Hall–Kier alpha value is -1.35. The van der Waals surface area contributed by atoms with Crippen LogP contribution in [0, 0.1) is 5.82 Å². The molecule has 0 atom stereocenters. The Kier molecular flexibility index (Phi) is 2.63. The molecule has 2 aromatic rings. The first kappa shape index (κ1) is 10.8. The van der Waals surface area contributed by atoms with Gasteiger partial charge in [-0.25, -0.2) is 4.39 Å². The van der Waals surface area contributed by atoms with Gasteiger partial charge in [0, 0.05) is 5.56 Å². The van der Waals surface area contributed by atoms with Gasteiger partial charge in [0.2, 0.25) is 0 Å². The summed E-state index contributed by atoms with van der Waals surface area (Å²) in [6, 6.07) is 1.89. The van der Waals surface area contributed by atoms with Gasteiger partial charge in [-0.3, -0.25) is 5.10 Å². The zero-order valence-electron chi connectivity index (χ0n) is 9.26. The molecule has 1 aliphatic rings. The van der Waals surface area contributed by atoms with E-state index in [9.17, 15) is 4.39 Å². The van der Waals surface area contributed by atoms with Crippen LogP contribution >= 0.6 is 11.6 Å². The Morgan fingerprint density at radius 3 is 3.00 bits per heavy atom. The van der Waals surface area contributed by atoms with Crippen molar-refractivity contribution >= 4 is 28.1 Å². The zero-order valence-corrected chi connectivity index (χ0v) is 10.0. The molecule has 3 rings (SSSR count). The molecule has 0 spiro atoms. The number of aromatic amines is 1. The van der Waals surface area contributed by atoms with Crippen LogP contribution in [0.4, 0.5) is 4.39 Å². The molecule has 1 aromatic heterocycles. The smallest absolute Gasteiger partial charge is 0.153 e. The van der Waals surface area contributed by atoms with E-state index in [0.717, 1.165) is 30.4 Å². The van der Waals surface area contributed by atoms with Crippen LogP contribution in [-0.2, 0) is 0 Å². The molecule has 0 unspecified atom stereocenters. The Labute approximate surface area is 103 Å². The fraction of sp³-hybridized carbons (Fsp3) is 0.308. The first-order valence-electron chi connectivity index (χ1n) is 5.78. The van der Waals surface area contributed by atoms with E-state index in [-0.39, 0.29) is 10.8 Å². The Bertz CT molecular complexity index is 601. The lowest BCUT2D eigenvalue weighted by Gasteiger charge is -2.14. The topological polar surface area (TPSA) is 28.7 Å². The predicted octanol–water partition coefficient (Wildman–Crippen LogP) is 4.31. The van der Waals surface area contributed by atoms with Crippen molar-refractivity contribution in [2.45, 2.75) is 25.7 Å². The SMILES string of the molecule is Fc1c(Cl)c(C2=CCCCC2)cc2[nH]ncc12. The number of nitrogens with zero attached hydrogens (tertiary/aromatic N) is 1. The molecular formula is C13H12ClFN2. The number of fused-ring (bicyclic) bond motifs is 1. The van der Waals surface area contributed by atoms with Gasteiger partial charge in [-0.1, -0.05) is 17.7 Å².